The van der Waals surface area contributed by atoms with Crippen LogP contribution >= 0.6 is 0 Å². The van der Waals surface area contributed by atoms with Crippen LogP contribution in [0.5, 0.6) is 0 Å². The topological polar surface area (TPSA) is 29.1 Å². The fourth-order valence-electron chi connectivity index (χ4n) is 1.22. The Hall–Kier alpha value is -1.05. The molecular formula is C11H17NO. The molecule has 0 saturated heterocycles. The molecule has 0 aromatic carbocycles. The molecule has 0 aromatic rings. The summed E-state index contributed by atoms with van der Waals surface area (Å²) in [5.74, 6) is 0.707. The highest BCUT2D eigenvalue weighted by atomic mass is 16.1. The summed E-state index contributed by atoms with van der Waals surface area (Å²) in [4.78, 5) is 11.2. The van der Waals surface area contributed by atoms with Crippen molar-refractivity contribution in [1.29, 1.82) is 0 Å². The van der Waals surface area contributed by atoms with Gasteiger partial charge in [0.1, 0.15) is 0 Å². The highest BCUT2D eigenvalue weighted by molar-refractivity contribution is 5.77. The Morgan fingerprint density at radius 2 is 2.31 bits per heavy atom. The monoisotopic (exact) mass is 179 g/mol. The summed E-state index contributed by atoms with van der Waals surface area (Å²) in [5, 5.41) is 2.93. The average molecular weight is 179 g/mol. The van der Waals surface area contributed by atoms with Gasteiger partial charge in [0.2, 0.25) is 5.91 Å². The van der Waals surface area contributed by atoms with E-state index in [2.05, 4.69) is 17.5 Å². The highest BCUT2D eigenvalue weighted by Gasteiger charge is 2.09. The van der Waals surface area contributed by atoms with Crippen molar-refractivity contribution in [1.82, 2.24) is 5.32 Å². The van der Waals surface area contributed by atoms with Crippen LogP contribution in [0.15, 0.2) is 24.3 Å². The first-order valence-corrected chi connectivity index (χ1v) is 4.81. The van der Waals surface area contributed by atoms with E-state index in [9.17, 15) is 4.79 Å². The lowest BCUT2D eigenvalue weighted by molar-refractivity contribution is -0.124. The number of nitrogens with one attached hydrogen (secondary N) is 1. The van der Waals surface area contributed by atoms with Crippen LogP contribution in [0.2, 0.25) is 0 Å². The fraction of sp³-hybridized carbons (Fsp3) is 0.545. The normalized spacial score (nSPS) is 20.7. The zero-order chi connectivity index (χ0) is 9.68. The van der Waals surface area contributed by atoms with Crippen LogP contribution in [0, 0.1) is 11.8 Å². The first-order chi connectivity index (χ1) is 6.20. The summed E-state index contributed by atoms with van der Waals surface area (Å²) in [6.07, 6.45) is 9.39. The lowest BCUT2D eigenvalue weighted by Gasteiger charge is -2.14. The molecule has 1 aliphatic rings. The molecule has 1 unspecified atom stereocenters. The number of hydrogen-bond acceptors (Lipinski definition) is 1. The van der Waals surface area contributed by atoms with E-state index in [1.165, 1.54) is 0 Å². The van der Waals surface area contributed by atoms with E-state index in [1.807, 2.05) is 26.0 Å². The predicted molar refractivity (Wildman–Crippen MR) is 54.2 cm³/mol. The smallest absolute Gasteiger partial charge is 0.222 e. The van der Waals surface area contributed by atoms with Crippen molar-refractivity contribution >= 4 is 5.91 Å². The van der Waals surface area contributed by atoms with Crippen LogP contribution in [-0.4, -0.2) is 12.5 Å². The zero-order valence-corrected chi connectivity index (χ0v) is 8.29. The SMILES string of the molecule is CC(C)C(=O)NCC1C=CC=CC1. The molecular weight excluding hydrogens is 162 g/mol. The van der Waals surface area contributed by atoms with Crippen molar-refractivity contribution in [3.05, 3.63) is 24.3 Å². The van der Waals surface area contributed by atoms with Gasteiger partial charge in [-0.1, -0.05) is 38.2 Å². The Morgan fingerprint density at radius 1 is 1.54 bits per heavy atom. The van der Waals surface area contributed by atoms with Crippen molar-refractivity contribution in [2.75, 3.05) is 6.54 Å². The number of carbonyl (C=O) groups is 1. The molecule has 0 bridgehead atoms. The molecule has 1 aliphatic carbocycles. The number of rotatable bonds is 3. The largest absolute Gasteiger partial charge is 0.355 e. The third-order valence-electron chi connectivity index (χ3n) is 2.13. The number of amides is 1. The van der Waals surface area contributed by atoms with Gasteiger partial charge in [-0.3, -0.25) is 4.79 Å². The summed E-state index contributed by atoms with van der Waals surface area (Å²) in [6, 6.07) is 0. The maximum atomic E-state index is 11.2. The number of carbonyl (C=O) groups excluding carboxylic acids is 1. The molecule has 0 saturated carbocycles. The summed E-state index contributed by atoms with van der Waals surface area (Å²) >= 11 is 0. The molecule has 1 rings (SSSR count). The lowest BCUT2D eigenvalue weighted by Crippen LogP contribution is -2.31. The molecule has 72 valence electrons. The third kappa shape index (κ3) is 3.45. The Balaban J connectivity index is 2.23. The second kappa shape index (κ2) is 4.85. The Labute approximate surface area is 79.7 Å². The van der Waals surface area contributed by atoms with Crippen molar-refractivity contribution in [2.45, 2.75) is 20.3 Å². The van der Waals surface area contributed by atoms with Gasteiger partial charge in [-0.05, 0) is 12.3 Å². The van der Waals surface area contributed by atoms with Gasteiger partial charge < -0.3 is 5.32 Å². The Bertz CT molecular complexity index is 228. The van der Waals surface area contributed by atoms with Crippen molar-refractivity contribution < 1.29 is 4.79 Å². The maximum Gasteiger partial charge on any atom is 0.222 e. The minimum absolute atomic E-state index is 0.0862. The second-order valence-electron chi connectivity index (χ2n) is 3.71. The average Bonchev–Trinajstić information content (AvgIpc) is 2.15. The summed E-state index contributed by atoms with van der Waals surface area (Å²) < 4.78 is 0. The molecule has 1 N–H and O–H groups in total. The van der Waals surface area contributed by atoms with E-state index in [4.69, 9.17) is 0 Å². The summed E-state index contributed by atoms with van der Waals surface area (Å²) in [6.45, 7) is 4.58. The Kier molecular flexibility index (Phi) is 3.74. The van der Waals surface area contributed by atoms with Crippen LogP contribution in [-0.2, 0) is 4.79 Å². The van der Waals surface area contributed by atoms with E-state index < -0.39 is 0 Å². The molecule has 0 heterocycles. The van der Waals surface area contributed by atoms with Crippen LogP contribution in [0.25, 0.3) is 0 Å². The van der Waals surface area contributed by atoms with Gasteiger partial charge in [0.25, 0.3) is 0 Å². The van der Waals surface area contributed by atoms with Crippen LogP contribution in [0.3, 0.4) is 0 Å². The highest BCUT2D eigenvalue weighted by Crippen LogP contribution is 2.09. The fourth-order valence-corrected chi connectivity index (χ4v) is 1.22. The van der Waals surface area contributed by atoms with Gasteiger partial charge in [0.05, 0.1) is 0 Å². The molecule has 0 spiro atoms. The molecule has 0 aliphatic heterocycles. The first-order valence-electron chi connectivity index (χ1n) is 4.81. The number of allylic oxidation sites excluding steroid dienone is 3. The second-order valence-corrected chi connectivity index (χ2v) is 3.71. The van der Waals surface area contributed by atoms with Gasteiger partial charge in [-0.15, -0.1) is 0 Å². The van der Waals surface area contributed by atoms with E-state index in [1.54, 1.807) is 0 Å². The van der Waals surface area contributed by atoms with E-state index >= 15 is 0 Å². The molecule has 0 fully saturated rings. The van der Waals surface area contributed by atoms with E-state index in [0.717, 1.165) is 13.0 Å². The Morgan fingerprint density at radius 3 is 2.85 bits per heavy atom. The molecule has 1 atom stereocenters. The number of hydrogen-bond donors (Lipinski definition) is 1. The molecule has 2 nitrogen and oxygen atoms in total. The molecule has 0 aromatic heterocycles. The standard InChI is InChI=1S/C11H17NO/c1-9(2)11(13)12-8-10-6-4-3-5-7-10/h3-6,9-10H,7-8H2,1-2H3,(H,12,13). The minimum Gasteiger partial charge on any atom is -0.355 e. The molecule has 2 heteroatoms. The van der Waals surface area contributed by atoms with E-state index in [-0.39, 0.29) is 11.8 Å². The van der Waals surface area contributed by atoms with Crippen molar-refractivity contribution in [2.24, 2.45) is 11.8 Å². The van der Waals surface area contributed by atoms with Crippen LogP contribution in [0.4, 0.5) is 0 Å². The summed E-state index contributed by atoms with van der Waals surface area (Å²) in [7, 11) is 0. The maximum absolute atomic E-state index is 11.2. The van der Waals surface area contributed by atoms with E-state index in [0.29, 0.717) is 5.92 Å². The van der Waals surface area contributed by atoms with Crippen LogP contribution < -0.4 is 5.32 Å². The van der Waals surface area contributed by atoms with Crippen molar-refractivity contribution in [3.63, 3.8) is 0 Å². The van der Waals surface area contributed by atoms with Gasteiger partial charge >= 0.3 is 0 Å². The third-order valence-corrected chi connectivity index (χ3v) is 2.13. The molecule has 1 amide bonds. The zero-order valence-electron chi connectivity index (χ0n) is 8.29. The first kappa shape index (κ1) is 10.0. The minimum atomic E-state index is 0.0862. The molecule has 0 radical (unpaired) electrons. The van der Waals surface area contributed by atoms with Crippen LogP contribution in [0.1, 0.15) is 20.3 Å². The quantitative estimate of drug-likeness (QED) is 0.704. The van der Waals surface area contributed by atoms with Gasteiger partial charge in [0.15, 0.2) is 0 Å². The van der Waals surface area contributed by atoms with Crippen molar-refractivity contribution in [3.8, 4) is 0 Å². The predicted octanol–water partition coefficient (Wildman–Crippen LogP) is 1.89. The molecule has 13 heavy (non-hydrogen) atoms. The summed E-state index contributed by atoms with van der Waals surface area (Å²) in [5.41, 5.74) is 0. The lowest BCUT2D eigenvalue weighted by atomic mass is 10.0. The van der Waals surface area contributed by atoms with Gasteiger partial charge in [0, 0.05) is 12.5 Å². The van der Waals surface area contributed by atoms with Gasteiger partial charge in [-0.25, -0.2) is 0 Å². The van der Waals surface area contributed by atoms with Gasteiger partial charge in [-0.2, -0.15) is 0 Å².